The maximum atomic E-state index is 13.8. The summed E-state index contributed by atoms with van der Waals surface area (Å²) < 4.78 is 31.6. The molecule has 1 atom stereocenters. The molecule has 2 aromatic carbocycles. The van der Waals surface area contributed by atoms with Gasteiger partial charge < -0.3 is 10.1 Å². The zero-order chi connectivity index (χ0) is 15.5. The molecule has 1 N–H and O–H groups in total. The number of carbonyl (C=O) groups excluding carboxylic acids is 1. The lowest BCUT2D eigenvalue weighted by Gasteiger charge is -2.29. The second-order valence-corrected chi connectivity index (χ2v) is 4.73. The van der Waals surface area contributed by atoms with Gasteiger partial charge in [0.05, 0.1) is 12.8 Å². The molecule has 0 aliphatic heterocycles. The summed E-state index contributed by atoms with van der Waals surface area (Å²) in [6.45, 7) is 1.55. The molecule has 5 heteroatoms. The van der Waals surface area contributed by atoms with Crippen LogP contribution >= 0.6 is 0 Å². The Kier molecular flexibility index (Phi) is 4.21. The molecule has 0 aliphatic carbocycles. The Morgan fingerprint density at radius 2 is 1.71 bits per heavy atom. The number of rotatable bonds is 4. The molecule has 0 saturated heterocycles. The van der Waals surface area contributed by atoms with E-state index in [1.165, 1.54) is 43.5 Å². The number of methoxy groups -OCH3 is 1. The van der Waals surface area contributed by atoms with Crippen LogP contribution in [-0.4, -0.2) is 13.1 Å². The van der Waals surface area contributed by atoms with Gasteiger partial charge in [0.1, 0.15) is 11.6 Å². The number of para-hydroxylation sites is 1. The molecule has 0 radical (unpaired) electrons. The Labute approximate surface area is 121 Å². The smallest absolute Gasteiger partial charge is 0.335 e. The van der Waals surface area contributed by atoms with Crippen LogP contribution < -0.4 is 5.32 Å². The summed E-state index contributed by atoms with van der Waals surface area (Å²) in [6, 6.07) is 11.4. The maximum Gasteiger partial charge on any atom is 0.335 e. The molecule has 0 aromatic heterocycles. The first-order valence-electron chi connectivity index (χ1n) is 6.34. The van der Waals surface area contributed by atoms with Crippen molar-refractivity contribution >= 4 is 11.7 Å². The van der Waals surface area contributed by atoms with Crippen LogP contribution in [-0.2, 0) is 15.1 Å². The fourth-order valence-corrected chi connectivity index (χ4v) is 2.06. The van der Waals surface area contributed by atoms with Crippen molar-refractivity contribution in [3.05, 3.63) is 65.7 Å². The number of benzene rings is 2. The lowest BCUT2D eigenvalue weighted by Crippen LogP contribution is -2.41. The molecule has 0 heterocycles. The number of nitrogens with one attached hydrogen (secondary N) is 1. The van der Waals surface area contributed by atoms with Crippen LogP contribution in [0, 0.1) is 11.6 Å². The first-order valence-corrected chi connectivity index (χ1v) is 6.34. The third-order valence-electron chi connectivity index (χ3n) is 3.27. The highest BCUT2D eigenvalue weighted by molar-refractivity contribution is 5.85. The summed E-state index contributed by atoms with van der Waals surface area (Å²) in [6.07, 6.45) is 0. The molecule has 0 aliphatic rings. The predicted octanol–water partition coefficient (Wildman–Crippen LogP) is 3.47. The number of halogens is 2. The van der Waals surface area contributed by atoms with Gasteiger partial charge in [0.2, 0.25) is 0 Å². The first-order chi connectivity index (χ1) is 9.97. The molecular weight excluding hydrogens is 276 g/mol. The summed E-state index contributed by atoms with van der Waals surface area (Å²) >= 11 is 0. The Morgan fingerprint density at radius 3 is 2.29 bits per heavy atom. The van der Waals surface area contributed by atoms with E-state index in [-0.39, 0.29) is 5.69 Å². The largest absolute Gasteiger partial charge is 0.467 e. The summed E-state index contributed by atoms with van der Waals surface area (Å²) in [5, 5.41) is 2.84. The van der Waals surface area contributed by atoms with Gasteiger partial charge in [-0.3, -0.25) is 0 Å². The van der Waals surface area contributed by atoms with Crippen LogP contribution in [0.15, 0.2) is 48.5 Å². The van der Waals surface area contributed by atoms with E-state index in [1.807, 2.05) is 0 Å². The average molecular weight is 291 g/mol. The Hall–Kier alpha value is -2.43. The minimum absolute atomic E-state index is 0.162. The molecule has 0 amide bonds. The van der Waals surface area contributed by atoms with E-state index in [2.05, 4.69) is 5.32 Å². The highest BCUT2D eigenvalue weighted by atomic mass is 19.1. The number of esters is 1. The van der Waals surface area contributed by atoms with Crippen LogP contribution in [0.25, 0.3) is 0 Å². The van der Waals surface area contributed by atoms with Crippen molar-refractivity contribution in [1.82, 2.24) is 0 Å². The van der Waals surface area contributed by atoms with Gasteiger partial charge >= 0.3 is 5.97 Å². The molecular formula is C16H15F2NO2. The minimum Gasteiger partial charge on any atom is -0.467 e. The summed E-state index contributed by atoms with van der Waals surface area (Å²) in [4.78, 5) is 12.1. The molecule has 1 unspecified atom stereocenters. The average Bonchev–Trinajstić information content (AvgIpc) is 2.49. The van der Waals surface area contributed by atoms with Gasteiger partial charge in [0.25, 0.3) is 0 Å². The lowest BCUT2D eigenvalue weighted by atomic mass is 9.91. The maximum absolute atomic E-state index is 13.8. The normalized spacial score (nSPS) is 13.3. The van der Waals surface area contributed by atoms with E-state index >= 15 is 0 Å². The van der Waals surface area contributed by atoms with Crippen molar-refractivity contribution in [2.45, 2.75) is 12.5 Å². The predicted molar refractivity (Wildman–Crippen MR) is 75.8 cm³/mol. The van der Waals surface area contributed by atoms with Crippen molar-refractivity contribution in [3.63, 3.8) is 0 Å². The van der Waals surface area contributed by atoms with Crippen molar-refractivity contribution in [2.75, 3.05) is 12.4 Å². The van der Waals surface area contributed by atoms with Crippen molar-refractivity contribution in [1.29, 1.82) is 0 Å². The fourth-order valence-electron chi connectivity index (χ4n) is 2.06. The van der Waals surface area contributed by atoms with Crippen molar-refractivity contribution in [3.8, 4) is 0 Å². The number of hydrogen-bond acceptors (Lipinski definition) is 3. The van der Waals surface area contributed by atoms with Crippen LogP contribution in [0.4, 0.5) is 14.5 Å². The van der Waals surface area contributed by atoms with E-state index in [9.17, 15) is 13.6 Å². The van der Waals surface area contributed by atoms with Gasteiger partial charge in [-0.1, -0.05) is 24.3 Å². The second-order valence-electron chi connectivity index (χ2n) is 4.73. The quantitative estimate of drug-likeness (QED) is 0.877. The van der Waals surface area contributed by atoms with Crippen molar-refractivity contribution < 1.29 is 18.3 Å². The Morgan fingerprint density at radius 1 is 1.10 bits per heavy atom. The van der Waals surface area contributed by atoms with Gasteiger partial charge in [0.15, 0.2) is 5.54 Å². The van der Waals surface area contributed by atoms with E-state index in [0.717, 1.165) is 0 Å². The molecule has 0 spiro atoms. The topological polar surface area (TPSA) is 38.3 Å². The zero-order valence-electron chi connectivity index (χ0n) is 11.7. The van der Waals surface area contributed by atoms with E-state index in [1.54, 1.807) is 19.1 Å². The number of ether oxygens (including phenoxy) is 1. The van der Waals surface area contributed by atoms with E-state index < -0.39 is 23.1 Å². The number of anilines is 1. The fraction of sp³-hybridized carbons (Fsp3) is 0.188. The van der Waals surface area contributed by atoms with Crippen LogP contribution in [0.2, 0.25) is 0 Å². The van der Waals surface area contributed by atoms with E-state index in [0.29, 0.717) is 5.56 Å². The highest BCUT2D eigenvalue weighted by Gasteiger charge is 2.37. The molecule has 2 rings (SSSR count). The summed E-state index contributed by atoms with van der Waals surface area (Å²) in [5.41, 5.74) is -0.696. The van der Waals surface area contributed by atoms with Crippen molar-refractivity contribution in [2.24, 2.45) is 0 Å². The van der Waals surface area contributed by atoms with Crippen LogP contribution in [0.3, 0.4) is 0 Å². The molecule has 0 bridgehead atoms. The Balaban J connectivity index is 2.45. The zero-order valence-corrected chi connectivity index (χ0v) is 11.7. The summed E-state index contributed by atoms with van der Waals surface area (Å²) in [7, 11) is 1.24. The Bertz CT molecular complexity index is 643. The standard InChI is InChI=1S/C16H15F2NO2/c1-16(15(20)21-2,11-7-9-12(17)10-8-11)19-14-6-4-3-5-13(14)18/h3-10,19H,1-2H3. The molecule has 21 heavy (non-hydrogen) atoms. The van der Waals surface area contributed by atoms with Gasteiger partial charge in [-0.2, -0.15) is 0 Å². The highest BCUT2D eigenvalue weighted by Crippen LogP contribution is 2.29. The second kappa shape index (κ2) is 5.91. The molecule has 0 fully saturated rings. The summed E-state index contributed by atoms with van der Waals surface area (Å²) in [5.74, 6) is -1.51. The van der Waals surface area contributed by atoms with E-state index in [4.69, 9.17) is 4.74 Å². The third-order valence-corrected chi connectivity index (χ3v) is 3.27. The van der Waals surface area contributed by atoms with Gasteiger partial charge in [-0.15, -0.1) is 0 Å². The molecule has 110 valence electrons. The third kappa shape index (κ3) is 3.02. The minimum atomic E-state index is -1.33. The SMILES string of the molecule is COC(=O)C(C)(Nc1ccccc1F)c1ccc(F)cc1. The lowest BCUT2D eigenvalue weighted by molar-refractivity contribution is -0.145. The molecule has 3 nitrogen and oxygen atoms in total. The van der Waals surface area contributed by atoms with Gasteiger partial charge in [-0.25, -0.2) is 13.6 Å². The van der Waals surface area contributed by atoms with Gasteiger partial charge in [0, 0.05) is 0 Å². The molecule has 2 aromatic rings. The number of hydrogen-bond donors (Lipinski definition) is 1. The van der Waals surface area contributed by atoms with Gasteiger partial charge in [-0.05, 0) is 36.8 Å². The first kappa shape index (κ1) is 15.0. The van der Waals surface area contributed by atoms with Crippen LogP contribution in [0.5, 0.6) is 0 Å². The molecule has 0 saturated carbocycles. The monoisotopic (exact) mass is 291 g/mol. The number of carbonyl (C=O) groups is 1. The van der Waals surface area contributed by atoms with Crippen LogP contribution in [0.1, 0.15) is 12.5 Å².